The van der Waals surface area contributed by atoms with Gasteiger partial charge in [0, 0.05) is 48.9 Å². The number of halogens is 1. The van der Waals surface area contributed by atoms with Gasteiger partial charge in [-0.25, -0.2) is 14.8 Å². The normalized spacial score (nSPS) is 15.3. The summed E-state index contributed by atoms with van der Waals surface area (Å²) in [7, 11) is 1.50. The van der Waals surface area contributed by atoms with Gasteiger partial charge in [0.05, 0.1) is 12.3 Å². The molecular weight excluding hydrogens is 508 g/mol. The molecule has 0 spiro atoms. The van der Waals surface area contributed by atoms with Gasteiger partial charge in [-0.3, -0.25) is 9.59 Å². The minimum atomic E-state index is -0.690. The molecule has 2 amide bonds. The number of amides is 2. The summed E-state index contributed by atoms with van der Waals surface area (Å²) in [6, 6.07) is 15.8. The van der Waals surface area contributed by atoms with Crippen molar-refractivity contribution in [2.24, 2.45) is 0 Å². The van der Waals surface area contributed by atoms with Gasteiger partial charge < -0.3 is 19.3 Å². The average Bonchev–Trinajstić information content (AvgIpc) is 2.92. The lowest BCUT2D eigenvalue weighted by atomic mass is 10.1. The number of carbonyl (C=O) groups excluding carboxylic acids is 3. The van der Waals surface area contributed by atoms with Crippen LogP contribution < -0.4 is 0 Å². The molecule has 4 rings (SSSR count). The SMILES string of the molecule is COCCOC(=O)c1c(C)nc(-c2ccccc2)nc1C(=O)N1CCN(C(=O)c2cccc(Cl)c2)C(C)C1. The van der Waals surface area contributed by atoms with Crippen LogP contribution >= 0.6 is 11.6 Å². The summed E-state index contributed by atoms with van der Waals surface area (Å²) >= 11 is 6.07. The predicted octanol–water partition coefficient (Wildman–Crippen LogP) is 3.90. The molecule has 0 saturated carbocycles. The van der Waals surface area contributed by atoms with Crippen LogP contribution in [0.5, 0.6) is 0 Å². The highest BCUT2D eigenvalue weighted by Gasteiger charge is 2.34. The third-order valence-corrected chi connectivity index (χ3v) is 6.53. The maximum atomic E-state index is 13.8. The summed E-state index contributed by atoms with van der Waals surface area (Å²) in [5, 5.41) is 0.482. The average molecular weight is 537 g/mol. The third kappa shape index (κ3) is 6.00. The number of carbonyl (C=O) groups is 3. The number of hydrogen-bond donors (Lipinski definition) is 0. The van der Waals surface area contributed by atoms with Crippen molar-refractivity contribution >= 4 is 29.4 Å². The smallest absolute Gasteiger partial charge is 0.342 e. The lowest BCUT2D eigenvalue weighted by Crippen LogP contribution is -2.55. The van der Waals surface area contributed by atoms with Crippen molar-refractivity contribution in [3.63, 3.8) is 0 Å². The highest BCUT2D eigenvalue weighted by Crippen LogP contribution is 2.23. The molecule has 38 heavy (non-hydrogen) atoms. The van der Waals surface area contributed by atoms with E-state index >= 15 is 0 Å². The van der Waals surface area contributed by atoms with Crippen LogP contribution in [-0.4, -0.2) is 83.6 Å². The van der Waals surface area contributed by atoms with E-state index in [0.29, 0.717) is 34.2 Å². The van der Waals surface area contributed by atoms with Gasteiger partial charge in [0.25, 0.3) is 11.8 Å². The Balaban J connectivity index is 1.62. The van der Waals surface area contributed by atoms with Crippen LogP contribution in [-0.2, 0) is 9.47 Å². The van der Waals surface area contributed by atoms with Crippen molar-refractivity contribution in [3.8, 4) is 11.4 Å². The molecule has 2 heterocycles. The molecule has 0 N–H and O–H groups in total. The second-order valence-electron chi connectivity index (χ2n) is 8.96. The highest BCUT2D eigenvalue weighted by atomic mass is 35.5. The van der Waals surface area contributed by atoms with Gasteiger partial charge in [-0.15, -0.1) is 0 Å². The van der Waals surface area contributed by atoms with Crippen molar-refractivity contribution in [2.75, 3.05) is 40.0 Å². The van der Waals surface area contributed by atoms with Crippen molar-refractivity contribution < 1.29 is 23.9 Å². The first kappa shape index (κ1) is 27.2. The molecule has 198 valence electrons. The largest absolute Gasteiger partial charge is 0.460 e. The molecule has 3 aromatic rings. The van der Waals surface area contributed by atoms with Crippen LogP contribution in [0, 0.1) is 6.92 Å². The standard InChI is InChI=1S/C28H29ClN4O5/c1-18-17-32(12-13-33(18)26(34)21-10-7-11-22(29)16-21)27(35)24-23(28(36)38-15-14-37-3)19(2)30-25(31-24)20-8-5-4-6-9-20/h4-11,16,18H,12-15,17H2,1-3H3. The Morgan fingerprint density at radius 3 is 2.45 bits per heavy atom. The highest BCUT2D eigenvalue weighted by molar-refractivity contribution is 6.31. The van der Waals surface area contributed by atoms with E-state index in [2.05, 4.69) is 9.97 Å². The zero-order valence-corrected chi connectivity index (χ0v) is 22.3. The molecule has 1 unspecified atom stereocenters. The Morgan fingerprint density at radius 1 is 1.00 bits per heavy atom. The number of aryl methyl sites for hydroxylation is 1. The van der Waals surface area contributed by atoms with Gasteiger partial charge in [0.2, 0.25) is 0 Å². The molecule has 1 fully saturated rings. The lowest BCUT2D eigenvalue weighted by Gasteiger charge is -2.40. The van der Waals surface area contributed by atoms with E-state index in [0.717, 1.165) is 0 Å². The van der Waals surface area contributed by atoms with Crippen molar-refractivity contribution in [1.82, 2.24) is 19.8 Å². The maximum absolute atomic E-state index is 13.8. The molecule has 1 saturated heterocycles. The Labute approximate surface area is 226 Å². The number of hydrogen-bond acceptors (Lipinski definition) is 7. The van der Waals surface area contributed by atoms with Crippen LogP contribution in [0.1, 0.15) is 43.8 Å². The third-order valence-electron chi connectivity index (χ3n) is 6.30. The molecule has 0 aliphatic carbocycles. The maximum Gasteiger partial charge on any atom is 0.342 e. The first-order chi connectivity index (χ1) is 18.3. The number of methoxy groups -OCH3 is 1. The van der Waals surface area contributed by atoms with Crippen LogP contribution in [0.4, 0.5) is 0 Å². The number of rotatable bonds is 7. The van der Waals surface area contributed by atoms with Gasteiger partial charge in [-0.2, -0.15) is 0 Å². The second-order valence-corrected chi connectivity index (χ2v) is 9.40. The fourth-order valence-electron chi connectivity index (χ4n) is 4.36. The molecule has 1 aliphatic heterocycles. The van der Waals surface area contributed by atoms with E-state index in [4.69, 9.17) is 21.1 Å². The van der Waals surface area contributed by atoms with Gasteiger partial charge in [-0.05, 0) is 32.0 Å². The predicted molar refractivity (Wildman–Crippen MR) is 142 cm³/mol. The van der Waals surface area contributed by atoms with Crippen molar-refractivity contribution in [3.05, 3.63) is 82.1 Å². The number of nitrogens with zero attached hydrogens (tertiary/aromatic N) is 4. The molecule has 0 bridgehead atoms. The number of piperazine rings is 1. The molecule has 9 nitrogen and oxygen atoms in total. The van der Waals surface area contributed by atoms with Gasteiger partial charge >= 0.3 is 5.97 Å². The molecule has 0 radical (unpaired) electrons. The lowest BCUT2D eigenvalue weighted by molar-refractivity contribution is 0.0369. The Morgan fingerprint density at radius 2 is 1.76 bits per heavy atom. The fourth-order valence-corrected chi connectivity index (χ4v) is 4.55. The van der Waals surface area contributed by atoms with Gasteiger partial charge in [0.15, 0.2) is 5.82 Å². The van der Waals surface area contributed by atoms with Crippen LogP contribution in [0.2, 0.25) is 5.02 Å². The van der Waals surface area contributed by atoms with Crippen molar-refractivity contribution in [2.45, 2.75) is 19.9 Å². The molecule has 2 aromatic carbocycles. The number of benzene rings is 2. The fraction of sp³-hybridized carbons (Fsp3) is 0.321. The van der Waals surface area contributed by atoms with E-state index in [1.54, 1.807) is 41.0 Å². The monoisotopic (exact) mass is 536 g/mol. The van der Waals surface area contributed by atoms with E-state index in [1.807, 2.05) is 37.3 Å². The van der Waals surface area contributed by atoms with Crippen LogP contribution in [0.15, 0.2) is 54.6 Å². The van der Waals surface area contributed by atoms with E-state index < -0.39 is 11.9 Å². The zero-order chi connectivity index (χ0) is 27.2. The number of esters is 1. The summed E-state index contributed by atoms with van der Waals surface area (Å²) in [6.07, 6.45) is 0. The summed E-state index contributed by atoms with van der Waals surface area (Å²) in [5.41, 5.74) is 1.54. The molecular formula is C28H29ClN4O5. The zero-order valence-electron chi connectivity index (χ0n) is 21.5. The van der Waals surface area contributed by atoms with Crippen LogP contribution in [0.3, 0.4) is 0 Å². The first-order valence-electron chi connectivity index (χ1n) is 12.3. The quantitative estimate of drug-likeness (QED) is 0.333. The topological polar surface area (TPSA) is 102 Å². The Kier molecular flexibility index (Phi) is 8.70. The molecule has 1 aromatic heterocycles. The second kappa shape index (κ2) is 12.1. The summed E-state index contributed by atoms with van der Waals surface area (Å²) in [6.45, 7) is 4.65. The molecule has 1 atom stereocenters. The van der Waals surface area contributed by atoms with Gasteiger partial charge in [0.1, 0.15) is 17.9 Å². The summed E-state index contributed by atoms with van der Waals surface area (Å²) in [4.78, 5) is 52.3. The Bertz CT molecular complexity index is 1330. The Hall–Kier alpha value is -3.82. The number of ether oxygens (including phenoxy) is 2. The first-order valence-corrected chi connectivity index (χ1v) is 12.6. The van der Waals surface area contributed by atoms with E-state index in [1.165, 1.54) is 7.11 Å². The minimum Gasteiger partial charge on any atom is -0.460 e. The summed E-state index contributed by atoms with van der Waals surface area (Å²) < 4.78 is 10.3. The molecule has 10 heteroatoms. The summed E-state index contributed by atoms with van der Waals surface area (Å²) in [5.74, 6) is -0.931. The molecule has 1 aliphatic rings. The van der Waals surface area contributed by atoms with Crippen molar-refractivity contribution in [1.29, 1.82) is 0 Å². The van der Waals surface area contributed by atoms with E-state index in [-0.39, 0.29) is 49.5 Å². The van der Waals surface area contributed by atoms with Crippen LogP contribution in [0.25, 0.3) is 11.4 Å². The number of aromatic nitrogens is 2. The minimum absolute atomic E-state index is 0.0240. The van der Waals surface area contributed by atoms with E-state index in [9.17, 15) is 14.4 Å². The van der Waals surface area contributed by atoms with Gasteiger partial charge in [-0.1, -0.05) is 48.0 Å².